The number of rotatable bonds is 4. The molecule has 1 aromatic rings. The Hall–Kier alpha value is -2.44. The van der Waals surface area contributed by atoms with Crippen LogP contribution in [0.25, 0.3) is 0 Å². The van der Waals surface area contributed by atoms with Crippen LogP contribution in [0.3, 0.4) is 0 Å². The number of anilines is 1. The van der Waals surface area contributed by atoms with Crippen LogP contribution in [0.5, 0.6) is 0 Å². The summed E-state index contributed by atoms with van der Waals surface area (Å²) < 4.78 is 0. The first kappa shape index (κ1) is 15.0. The van der Waals surface area contributed by atoms with Crippen molar-refractivity contribution < 1.29 is 14.5 Å². The van der Waals surface area contributed by atoms with Crippen LogP contribution in [-0.2, 0) is 4.79 Å². The number of nitrogens with one attached hydrogen (secondary N) is 1. The van der Waals surface area contributed by atoms with Crippen molar-refractivity contribution in [2.45, 2.75) is 25.3 Å². The second-order valence-corrected chi connectivity index (χ2v) is 4.94. The normalized spacial score (nSPS) is 18.1. The van der Waals surface area contributed by atoms with Crippen molar-refractivity contribution in [3.63, 3.8) is 0 Å². The first-order valence-corrected chi connectivity index (χ1v) is 6.80. The number of likely N-dealkylation sites (N-methyl/N-ethyl adjacent to an activating group) is 1. The Morgan fingerprint density at radius 2 is 2.24 bits per heavy atom. The van der Waals surface area contributed by atoms with Gasteiger partial charge in [-0.3, -0.25) is 19.7 Å². The molecule has 7 heteroatoms. The summed E-state index contributed by atoms with van der Waals surface area (Å²) in [4.78, 5) is 35.2. The topological polar surface area (TPSA) is 92.6 Å². The number of nitrogens with zero attached hydrogens (tertiary/aromatic N) is 2. The number of carbonyl (C=O) groups is 2. The minimum absolute atomic E-state index is 0.0266. The van der Waals surface area contributed by atoms with E-state index < -0.39 is 4.92 Å². The molecule has 0 saturated carbocycles. The molecule has 1 N–H and O–H groups in total. The van der Waals surface area contributed by atoms with Gasteiger partial charge in [0.15, 0.2) is 6.29 Å². The van der Waals surface area contributed by atoms with Gasteiger partial charge in [0.25, 0.3) is 5.69 Å². The predicted octanol–water partition coefficient (Wildman–Crippen LogP) is 1.51. The van der Waals surface area contributed by atoms with Crippen LogP contribution in [0.2, 0.25) is 0 Å². The summed E-state index contributed by atoms with van der Waals surface area (Å²) in [5.41, 5.74) is 0.469. The second kappa shape index (κ2) is 6.34. The minimum Gasteiger partial charge on any atom is -0.360 e. The molecule has 21 heavy (non-hydrogen) atoms. The monoisotopic (exact) mass is 291 g/mol. The van der Waals surface area contributed by atoms with Crippen LogP contribution in [0, 0.1) is 10.1 Å². The average molecular weight is 291 g/mol. The highest BCUT2D eigenvalue weighted by molar-refractivity contribution is 5.87. The SMILES string of the molecule is CNC(=O)C1CCCCN1c1ccc([N+](=O)[O-])c(C=O)c1. The largest absolute Gasteiger partial charge is 0.360 e. The van der Waals surface area contributed by atoms with Gasteiger partial charge in [0.05, 0.1) is 10.5 Å². The highest BCUT2D eigenvalue weighted by Gasteiger charge is 2.29. The Morgan fingerprint density at radius 1 is 1.48 bits per heavy atom. The molecule has 1 aromatic carbocycles. The van der Waals surface area contributed by atoms with E-state index in [0.29, 0.717) is 18.5 Å². The van der Waals surface area contributed by atoms with E-state index >= 15 is 0 Å². The van der Waals surface area contributed by atoms with E-state index in [0.717, 1.165) is 19.3 Å². The molecular weight excluding hydrogens is 274 g/mol. The maximum Gasteiger partial charge on any atom is 0.280 e. The molecule has 1 amide bonds. The van der Waals surface area contributed by atoms with Crippen LogP contribution < -0.4 is 10.2 Å². The molecule has 0 aliphatic carbocycles. The number of nitro benzene ring substituents is 1. The predicted molar refractivity (Wildman–Crippen MR) is 77.5 cm³/mol. The van der Waals surface area contributed by atoms with Gasteiger partial charge in [0, 0.05) is 25.3 Å². The number of benzene rings is 1. The zero-order valence-corrected chi connectivity index (χ0v) is 11.7. The van der Waals surface area contributed by atoms with Gasteiger partial charge in [-0.05, 0) is 31.4 Å². The Kier molecular flexibility index (Phi) is 4.52. The summed E-state index contributed by atoms with van der Waals surface area (Å²) in [6.45, 7) is 0.689. The molecule has 2 rings (SSSR count). The molecule has 0 radical (unpaired) electrons. The van der Waals surface area contributed by atoms with Gasteiger partial charge < -0.3 is 10.2 Å². The molecule has 1 saturated heterocycles. The van der Waals surface area contributed by atoms with Gasteiger partial charge in [0.2, 0.25) is 5.91 Å². The third-order valence-electron chi connectivity index (χ3n) is 3.72. The van der Waals surface area contributed by atoms with Crippen LogP contribution in [0.1, 0.15) is 29.6 Å². The summed E-state index contributed by atoms with van der Waals surface area (Å²) in [5, 5.41) is 13.5. The first-order valence-electron chi connectivity index (χ1n) is 6.80. The van der Waals surface area contributed by atoms with Crippen LogP contribution in [0.4, 0.5) is 11.4 Å². The van der Waals surface area contributed by atoms with Crippen molar-refractivity contribution >= 4 is 23.6 Å². The number of hydrogen-bond donors (Lipinski definition) is 1. The van der Waals surface area contributed by atoms with Gasteiger partial charge in [-0.2, -0.15) is 0 Å². The van der Waals surface area contributed by atoms with E-state index in [-0.39, 0.29) is 23.2 Å². The van der Waals surface area contributed by atoms with Crippen molar-refractivity contribution in [2.75, 3.05) is 18.5 Å². The molecule has 1 heterocycles. The number of amides is 1. The molecule has 0 bridgehead atoms. The lowest BCUT2D eigenvalue weighted by atomic mass is 10.00. The summed E-state index contributed by atoms with van der Waals surface area (Å²) in [6.07, 6.45) is 3.11. The molecular formula is C14H17N3O4. The molecule has 1 fully saturated rings. The Labute approximate surface area is 122 Å². The van der Waals surface area contributed by atoms with E-state index in [2.05, 4.69) is 5.32 Å². The highest BCUT2D eigenvalue weighted by atomic mass is 16.6. The van der Waals surface area contributed by atoms with Gasteiger partial charge >= 0.3 is 0 Å². The van der Waals surface area contributed by atoms with E-state index in [9.17, 15) is 19.7 Å². The molecule has 1 atom stereocenters. The van der Waals surface area contributed by atoms with Gasteiger partial charge in [-0.15, -0.1) is 0 Å². The Morgan fingerprint density at radius 3 is 2.86 bits per heavy atom. The number of aldehydes is 1. The number of nitro groups is 1. The van der Waals surface area contributed by atoms with Crippen molar-refractivity contribution in [3.8, 4) is 0 Å². The van der Waals surface area contributed by atoms with Crippen LogP contribution >= 0.6 is 0 Å². The average Bonchev–Trinajstić information content (AvgIpc) is 2.53. The smallest absolute Gasteiger partial charge is 0.280 e. The lowest BCUT2D eigenvalue weighted by molar-refractivity contribution is -0.385. The first-order chi connectivity index (χ1) is 10.1. The maximum atomic E-state index is 11.9. The zero-order chi connectivity index (χ0) is 15.4. The molecule has 112 valence electrons. The van der Waals surface area contributed by atoms with E-state index in [4.69, 9.17) is 0 Å². The zero-order valence-electron chi connectivity index (χ0n) is 11.7. The maximum absolute atomic E-state index is 11.9. The van der Waals surface area contributed by atoms with Gasteiger partial charge in [0.1, 0.15) is 6.04 Å². The standard InChI is InChI=1S/C14H17N3O4/c1-15-14(19)13-4-2-3-7-16(13)11-5-6-12(17(20)21)10(8-11)9-18/h5-6,8-9,13H,2-4,7H2,1H3,(H,15,19). The lowest BCUT2D eigenvalue weighted by Crippen LogP contribution is -2.48. The van der Waals surface area contributed by atoms with Crippen molar-refractivity contribution in [1.29, 1.82) is 0 Å². The summed E-state index contributed by atoms with van der Waals surface area (Å²) >= 11 is 0. The molecule has 0 spiro atoms. The fourth-order valence-corrected chi connectivity index (χ4v) is 2.66. The summed E-state index contributed by atoms with van der Waals surface area (Å²) in [5.74, 6) is -0.0827. The third kappa shape index (κ3) is 3.01. The summed E-state index contributed by atoms with van der Waals surface area (Å²) in [6, 6.07) is 4.08. The molecule has 0 aromatic heterocycles. The van der Waals surface area contributed by atoms with Crippen molar-refractivity contribution in [1.82, 2.24) is 5.32 Å². The van der Waals surface area contributed by atoms with Gasteiger partial charge in [-0.1, -0.05) is 0 Å². The molecule has 1 aliphatic rings. The molecule has 1 unspecified atom stereocenters. The second-order valence-electron chi connectivity index (χ2n) is 4.94. The van der Waals surface area contributed by atoms with Crippen LogP contribution in [-0.4, -0.2) is 36.8 Å². The third-order valence-corrected chi connectivity index (χ3v) is 3.72. The quantitative estimate of drug-likeness (QED) is 0.515. The van der Waals surface area contributed by atoms with Crippen molar-refractivity contribution in [3.05, 3.63) is 33.9 Å². The van der Waals surface area contributed by atoms with Crippen LogP contribution in [0.15, 0.2) is 18.2 Å². The lowest BCUT2D eigenvalue weighted by Gasteiger charge is -2.36. The number of carbonyl (C=O) groups excluding carboxylic acids is 2. The number of piperidine rings is 1. The van der Waals surface area contributed by atoms with Crippen molar-refractivity contribution in [2.24, 2.45) is 0 Å². The molecule has 7 nitrogen and oxygen atoms in total. The van der Waals surface area contributed by atoms with E-state index in [1.807, 2.05) is 4.90 Å². The van der Waals surface area contributed by atoms with E-state index in [1.165, 1.54) is 12.1 Å². The Bertz CT molecular complexity index is 573. The van der Waals surface area contributed by atoms with Gasteiger partial charge in [-0.25, -0.2) is 0 Å². The fraction of sp³-hybridized carbons (Fsp3) is 0.429. The summed E-state index contributed by atoms with van der Waals surface area (Å²) in [7, 11) is 1.59. The highest BCUT2D eigenvalue weighted by Crippen LogP contribution is 2.29. The van der Waals surface area contributed by atoms with E-state index in [1.54, 1.807) is 13.1 Å². The number of hydrogen-bond acceptors (Lipinski definition) is 5. The Balaban J connectivity index is 2.37. The minimum atomic E-state index is -0.583. The molecule has 1 aliphatic heterocycles. The fourth-order valence-electron chi connectivity index (χ4n) is 2.66.